The highest BCUT2D eigenvalue weighted by Crippen LogP contribution is 2.36. The maximum atomic E-state index is 13.4. The van der Waals surface area contributed by atoms with Crippen LogP contribution in [0.2, 0.25) is 0 Å². The fraction of sp³-hybridized carbons (Fsp3) is 0.500. The molecular formula is C20H28N4O4S. The summed E-state index contributed by atoms with van der Waals surface area (Å²) in [5.74, 6) is 0.234. The number of aliphatic hydroxyl groups excluding tert-OH is 1. The van der Waals surface area contributed by atoms with Gasteiger partial charge in [0, 0.05) is 43.0 Å². The minimum absolute atomic E-state index is 0.0713. The van der Waals surface area contributed by atoms with Gasteiger partial charge in [-0.3, -0.25) is 0 Å². The van der Waals surface area contributed by atoms with Crippen LogP contribution in [0.1, 0.15) is 13.8 Å². The van der Waals surface area contributed by atoms with Crippen molar-refractivity contribution in [3.05, 3.63) is 36.9 Å². The number of fused-ring (bicyclic) bond motifs is 1. The monoisotopic (exact) mass is 420 g/mol. The molecule has 0 bridgehead atoms. The van der Waals surface area contributed by atoms with Crippen LogP contribution in [0, 0.1) is 5.92 Å². The molecule has 1 aliphatic heterocycles. The number of sulfonamides is 1. The van der Waals surface area contributed by atoms with Crippen molar-refractivity contribution < 1.29 is 18.3 Å². The van der Waals surface area contributed by atoms with E-state index < -0.39 is 16.1 Å². The van der Waals surface area contributed by atoms with Crippen molar-refractivity contribution >= 4 is 10.0 Å². The van der Waals surface area contributed by atoms with Gasteiger partial charge in [0.05, 0.1) is 6.61 Å². The Labute approximate surface area is 172 Å². The van der Waals surface area contributed by atoms with Crippen LogP contribution in [0.5, 0.6) is 5.75 Å². The van der Waals surface area contributed by atoms with Crippen molar-refractivity contribution in [2.75, 3.05) is 33.8 Å². The van der Waals surface area contributed by atoms with E-state index in [9.17, 15) is 13.5 Å². The zero-order valence-electron chi connectivity index (χ0n) is 17.2. The molecule has 2 heterocycles. The molecular weight excluding hydrogens is 392 g/mol. The molecule has 0 saturated heterocycles. The maximum absolute atomic E-state index is 13.4. The molecule has 8 nitrogen and oxygen atoms in total. The lowest BCUT2D eigenvalue weighted by molar-refractivity contribution is 0.0813. The number of hydrogen-bond donors (Lipinski definition) is 1. The van der Waals surface area contributed by atoms with Crippen molar-refractivity contribution in [2.24, 2.45) is 5.92 Å². The van der Waals surface area contributed by atoms with Gasteiger partial charge in [-0.1, -0.05) is 13.0 Å². The first-order valence-corrected chi connectivity index (χ1v) is 11.0. The quantitative estimate of drug-likeness (QED) is 0.783. The average Bonchev–Trinajstić information content (AvgIpc) is 2.70. The number of hydrogen-bond acceptors (Lipinski definition) is 7. The lowest BCUT2D eigenvalue weighted by Crippen LogP contribution is -2.49. The number of nitrogens with zero attached hydrogens (tertiary/aromatic N) is 4. The Morgan fingerprint density at radius 1 is 1.28 bits per heavy atom. The third-order valence-corrected chi connectivity index (χ3v) is 7.13. The Morgan fingerprint density at radius 2 is 1.97 bits per heavy atom. The summed E-state index contributed by atoms with van der Waals surface area (Å²) >= 11 is 0. The molecule has 1 aromatic carbocycles. The van der Waals surface area contributed by atoms with Gasteiger partial charge in [-0.25, -0.2) is 18.4 Å². The summed E-state index contributed by atoms with van der Waals surface area (Å²) in [7, 11) is 0.0791. The molecule has 3 atom stereocenters. The molecule has 1 N–H and O–H groups in total. The average molecular weight is 421 g/mol. The minimum Gasteiger partial charge on any atom is -0.487 e. The van der Waals surface area contributed by atoms with Gasteiger partial charge in [-0.05, 0) is 38.7 Å². The molecule has 0 radical (unpaired) electrons. The molecule has 0 spiro atoms. The molecule has 1 aromatic heterocycles. The van der Waals surface area contributed by atoms with Crippen LogP contribution in [-0.2, 0) is 10.0 Å². The summed E-state index contributed by atoms with van der Waals surface area (Å²) < 4.78 is 34.4. The zero-order chi connectivity index (χ0) is 21.2. The second kappa shape index (κ2) is 8.74. The normalized spacial score (nSPS) is 23.0. The van der Waals surface area contributed by atoms with E-state index in [2.05, 4.69) is 9.97 Å². The van der Waals surface area contributed by atoms with Gasteiger partial charge in [-0.2, -0.15) is 4.31 Å². The number of aromatic nitrogens is 2. The molecule has 0 fully saturated rings. The smallest absolute Gasteiger partial charge is 0.247 e. The van der Waals surface area contributed by atoms with Crippen LogP contribution in [0.4, 0.5) is 0 Å². The topological polar surface area (TPSA) is 95.9 Å². The second-order valence-electron chi connectivity index (χ2n) is 7.79. The van der Waals surface area contributed by atoms with Crippen LogP contribution in [-0.4, -0.2) is 78.6 Å². The fourth-order valence-corrected chi connectivity index (χ4v) is 5.26. The molecule has 0 unspecified atom stereocenters. The van der Waals surface area contributed by atoms with E-state index in [0.717, 1.165) is 11.1 Å². The third kappa shape index (κ3) is 4.58. The Hall–Kier alpha value is -2.07. The van der Waals surface area contributed by atoms with E-state index in [1.165, 1.54) is 10.6 Å². The Bertz CT molecular complexity index is 937. The summed E-state index contributed by atoms with van der Waals surface area (Å²) in [6.45, 7) is 4.35. The number of benzene rings is 1. The Kier molecular flexibility index (Phi) is 6.52. The van der Waals surface area contributed by atoms with E-state index in [-0.39, 0.29) is 30.1 Å². The molecule has 0 amide bonds. The van der Waals surface area contributed by atoms with E-state index in [0.29, 0.717) is 12.3 Å². The molecule has 3 rings (SSSR count). The zero-order valence-corrected chi connectivity index (χ0v) is 18.0. The summed E-state index contributed by atoms with van der Waals surface area (Å²) in [6.07, 6.45) is 4.58. The van der Waals surface area contributed by atoms with E-state index >= 15 is 0 Å². The van der Waals surface area contributed by atoms with Crippen LogP contribution < -0.4 is 4.74 Å². The molecule has 158 valence electrons. The number of rotatable bonds is 5. The maximum Gasteiger partial charge on any atom is 0.247 e. The molecule has 0 aliphatic carbocycles. The lowest BCUT2D eigenvalue weighted by Gasteiger charge is -2.37. The first-order valence-electron chi connectivity index (χ1n) is 9.57. The van der Waals surface area contributed by atoms with E-state index in [4.69, 9.17) is 4.74 Å². The number of ether oxygens (including phenoxy) is 1. The van der Waals surface area contributed by atoms with Crippen LogP contribution in [0.3, 0.4) is 0 Å². The van der Waals surface area contributed by atoms with Crippen LogP contribution in [0.25, 0.3) is 11.1 Å². The van der Waals surface area contributed by atoms with Gasteiger partial charge in [0.1, 0.15) is 23.1 Å². The van der Waals surface area contributed by atoms with Crippen molar-refractivity contribution in [3.8, 4) is 16.9 Å². The minimum atomic E-state index is -3.83. The molecule has 2 aromatic rings. The standard InChI is InChI=1S/C20H28N4O4S/c1-14-10-24(15(2)12-25)29(26,27)20-6-5-16(17-8-21-13-22-9-17)7-18(20)28-19(14)11-23(3)4/h5-9,13-15,19,25H,10-12H2,1-4H3/t14-,15+,19+/m1/s1. The highest BCUT2D eigenvalue weighted by molar-refractivity contribution is 7.89. The molecule has 1 aliphatic rings. The van der Waals surface area contributed by atoms with Crippen molar-refractivity contribution in [2.45, 2.75) is 30.9 Å². The lowest BCUT2D eigenvalue weighted by atomic mass is 10.0. The van der Waals surface area contributed by atoms with Crippen molar-refractivity contribution in [1.82, 2.24) is 19.2 Å². The fourth-order valence-electron chi connectivity index (χ4n) is 3.43. The highest BCUT2D eigenvalue weighted by atomic mass is 32.2. The molecule has 9 heteroatoms. The highest BCUT2D eigenvalue weighted by Gasteiger charge is 2.37. The first kappa shape index (κ1) is 21.6. The Morgan fingerprint density at radius 3 is 2.59 bits per heavy atom. The second-order valence-corrected chi connectivity index (χ2v) is 9.65. The molecule has 29 heavy (non-hydrogen) atoms. The summed E-state index contributed by atoms with van der Waals surface area (Å²) in [5, 5.41) is 9.66. The predicted molar refractivity (Wildman–Crippen MR) is 110 cm³/mol. The summed E-state index contributed by atoms with van der Waals surface area (Å²) in [6, 6.07) is 4.49. The van der Waals surface area contributed by atoms with Gasteiger partial charge in [-0.15, -0.1) is 0 Å². The van der Waals surface area contributed by atoms with Gasteiger partial charge in [0.15, 0.2) is 0 Å². The van der Waals surface area contributed by atoms with Gasteiger partial charge < -0.3 is 14.7 Å². The van der Waals surface area contributed by atoms with Crippen LogP contribution >= 0.6 is 0 Å². The first-order chi connectivity index (χ1) is 13.7. The van der Waals surface area contributed by atoms with Gasteiger partial charge in [0.25, 0.3) is 0 Å². The summed E-state index contributed by atoms with van der Waals surface area (Å²) in [5.41, 5.74) is 1.55. The molecule has 0 saturated carbocycles. The van der Waals surface area contributed by atoms with E-state index in [1.807, 2.05) is 25.9 Å². The predicted octanol–water partition coefficient (Wildman–Crippen LogP) is 1.47. The number of aliphatic hydroxyl groups is 1. The van der Waals surface area contributed by atoms with Crippen LogP contribution in [0.15, 0.2) is 41.8 Å². The largest absolute Gasteiger partial charge is 0.487 e. The van der Waals surface area contributed by atoms with Gasteiger partial charge in [0.2, 0.25) is 10.0 Å². The third-order valence-electron chi connectivity index (χ3n) is 5.11. The Balaban J connectivity index is 2.14. The van der Waals surface area contributed by atoms with Gasteiger partial charge >= 0.3 is 0 Å². The van der Waals surface area contributed by atoms with E-state index in [1.54, 1.807) is 37.5 Å². The summed E-state index contributed by atoms with van der Waals surface area (Å²) in [4.78, 5) is 10.2. The van der Waals surface area contributed by atoms with Crippen molar-refractivity contribution in [1.29, 1.82) is 0 Å². The number of likely N-dealkylation sites (N-methyl/N-ethyl adjacent to an activating group) is 1. The SMILES string of the molecule is C[C@@H]1CN([C@@H](C)CO)S(=O)(=O)c2ccc(-c3cncnc3)cc2O[C@H]1CN(C)C. The van der Waals surface area contributed by atoms with Crippen molar-refractivity contribution in [3.63, 3.8) is 0 Å².